The largest absolute Gasteiger partial charge is 0.394 e. The maximum atomic E-state index is 12.0. The number of hydrogen-bond acceptors (Lipinski definition) is 2. The third-order valence-electron chi connectivity index (χ3n) is 3.77. The van der Waals surface area contributed by atoms with Crippen molar-refractivity contribution in [3.8, 4) is 0 Å². The second kappa shape index (κ2) is 6.24. The molecule has 3 heteroatoms. The summed E-state index contributed by atoms with van der Waals surface area (Å²) < 4.78 is 0. The lowest BCUT2D eigenvalue weighted by atomic mass is 9.77. The molecule has 0 aliphatic heterocycles. The second-order valence-electron chi connectivity index (χ2n) is 5.03. The van der Waals surface area contributed by atoms with E-state index in [0.29, 0.717) is 0 Å². The van der Waals surface area contributed by atoms with E-state index < -0.39 is 0 Å². The molecule has 0 heterocycles. The Labute approximate surface area is 98.6 Å². The molecule has 3 nitrogen and oxygen atoms in total. The van der Waals surface area contributed by atoms with Crippen LogP contribution in [-0.4, -0.2) is 23.2 Å². The highest BCUT2D eigenvalue weighted by Crippen LogP contribution is 2.31. The number of carbonyl (C=O) groups is 1. The molecule has 1 saturated carbocycles. The molecule has 0 aromatic rings. The Kier molecular flexibility index (Phi) is 5.26. The number of carbonyl (C=O) groups excluding carboxylic acids is 1. The summed E-state index contributed by atoms with van der Waals surface area (Å²) in [4.78, 5) is 12.0. The van der Waals surface area contributed by atoms with Crippen molar-refractivity contribution in [2.24, 2.45) is 5.92 Å². The zero-order valence-electron chi connectivity index (χ0n) is 10.6. The van der Waals surface area contributed by atoms with Crippen molar-refractivity contribution in [2.45, 2.75) is 64.3 Å². The molecule has 1 amide bonds. The Morgan fingerprint density at radius 1 is 1.44 bits per heavy atom. The van der Waals surface area contributed by atoms with Gasteiger partial charge in [-0.05, 0) is 32.1 Å². The van der Waals surface area contributed by atoms with Gasteiger partial charge in [0, 0.05) is 5.92 Å². The van der Waals surface area contributed by atoms with Gasteiger partial charge in [0.2, 0.25) is 5.91 Å². The van der Waals surface area contributed by atoms with Crippen molar-refractivity contribution in [1.29, 1.82) is 0 Å². The number of hydrogen-bond donors (Lipinski definition) is 2. The Hall–Kier alpha value is -0.570. The summed E-state index contributed by atoms with van der Waals surface area (Å²) in [6, 6.07) is 0. The fourth-order valence-corrected chi connectivity index (χ4v) is 2.26. The molecule has 0 bridgehead atoms. The first kappa shape index (κ1) is 13.5. The van der Waals surface area contributed by atoms with E-state index >= 15 is 0 Å². The minimum atomic E-state index is -0.281. The van der Waals surface area contributed by atoms with E-state index in [1.165, 1.54) is 0 Å². The van der Waals surface area contributed by atoms with Crippen LogP contribution in [0.1, 0.15) is 58.8 Å². The Balaban J connectivity index is 2.42. The van der Waals surface area contributed by atoms with Gasteiger partial charge >= 0.3 is 0 Å². The van der Waals surface area contributed by atoms with E-state index in [0.717, 1.165) is 44.9 Å². The molecule has 0 aromatic heterocycles. The average molecular weight is 227 g/mol. The molecule has 0 saturated heterocycles. The molecule has 94 valence electrons. The van der Waals surface area contributed by atoms with E-state index in [4.69, 9.17) is 0 Å². The lowest BCUT2D eigenvalue weighted by molar-refractivity contribution is -0.129. The minimum absolute atomic E-state index is 0.0863. The van der Waals surface area contributed by atoms with Crippen LogP contribution in [0.3, 0.4) is 0 Å². The van der Waals surface area contributed by atoms with Gasteiger partial charge in [-0.1, -0.05) is 26.7 Å². The van der Waals surface area contributed by atoms with Gasteiger partial charge in [0.25, 0.3) is 0 Å². The summed E-state index contributed by atoms with van der Waals surface area (Å²) in [6.45, 7) is 4.29. The fourth-order valence-electron chi connectivity index (χ4n) is 2.26. The Morgan fingerprint density at radius 2 is 2.12 bits per heavy atom. The molecular formula is C13H25NO2. The summed E-state index contributed by atoms with van der Waals surface area (Å²) >= 11 is 0. The van der Waals surface area contributed by atoms with E-state index in [9.17, 15) is 9.90 Å². The molecule has 1 atom stereocenters. The predicted octanol–water partition coefficient (Wildman–Crippen LogP) is 2.23. The summed E-state index contributed by atoms with van der Waals surface area (Å²) in [5.74, 6) is 0.272. The van der Waals surface area contributed by atoms with E-state index in [1.807, 2.05) is 0 Å². The lowest BCUT2D eigenvalue weighted by Crippen LogP contribution is -2.57. The first-order valence-corrected chi connectivity index (χ1v) is 6.60. The van der Waals surface area contributed by atoms with Crippen LogP contribution in [0.2, 0.25) is 0 Å². The molecule has 0 radical (unpaired) electrons. The van der Waals surface area contributed by atoms with Crippen LogP contribution >= 0.6 is 0 Å². The summed E-state index contributed by atoms with van der Waals surface area (Å²) in [7, 11) is 0. The molecule has 0 spiro atoms. The number of aliphatic hydroxyl groups is 1. The number of nitrogens with one attached hydrogen (secondary N) is 1. The summed E-state index contributed by atoms with van der Waals surface area (Å²) in [5, 5.41) is 12.4. The van der Waals surface area contributed by atoms with E-state index in [2.05, 4.69) is 19.2 Å². The topological polar surface area (TPSA) is 49.3 Å². The van der Waals surface area contributed by atoms with E-state index in [1.54, 1.807) is 0 Å². The Bertz CT molecular complexity index is 218. The second-order valence-corrected chi connectivity index (χ2v) is 5.03. The first-order chi connectivity index (χ1) is 7.67. The monoisotopic (exact) mass is 227 g/mol. The molecule has 1 unspecified atom stereocenters. The third-order valence-corrected chi connectivity index (χ3v) is 3.77. The van der Waals surface area contributed by atoms with Gasteiger partial charge in [0.1, 0.15) is 0 Å². The van der Waals surface area contributed by atoms with Crippen molar-refractivity contribution < 1.29 is 9.90 Å². The van der Waals surface area contributed by atoms with Crippen LogP contribution in [0.25, 0.3) is 0 Å². The third kappa shape index (κ3) is 3.21. The van der Waals surface area contributed by atoms with Crippen LogP contribution in [0.4, 0.5) is 0 Å². The van der Waals surface area contributed by atoms with Gasteiger partial charge in [-0.2, -0.15) is 0 Å². The van der Waals surface area contributed by atoms with Crippen molar-refractivity contribution in [1.82, 2.24) is 5.32 Å². The SMILES string of the molecule is CCCCC(CC)C(=O)NC1(CO)CCC1. The number of rotatable bonds is 7. The van der Waals surface area contributed by atoms with Gasteiger partial charge in [-0.25, -0.2) is 0 Å². The molecule has 2 N–H and O–H groups in total. The van der Waals surface area contributed by atoms with Gasteiger partial charge in [-0.15, -0.1) is 0 Å². The normalized spacial score (nSPS) is 19.9. The Morgan fingerprint density at radius 3 is 2.50 bits per heavy atom. The smallest absolute Gasteiger partial charge is 0.223 e. The fraction of sp³-hybridized carbons (Fsp3) is 0.923. The number of unbranched alkanes of at least 4 members (excludes halogenated alkanes) is 1. The van der Waals surface area contributed by atoms with Crippen molar-refractivity contribution in [3.05, 3.63) is 0 Å². The van der Waals surface area contributed by atoms with Gasteiger partial charge in [0.05, 0.1) is 12.1 Å². The van der Waals surface area contributed by atoms with Crippen molar-refractivity contribution in [3.63, 3.8) is 0 Å². The van der Waals surface area contributed by atoms with Crippen LogP contribution in [0, 0.1) is 5.92 Å². The predicted molar refractivity (Wildman–Crippen MR) is 65.1 cm³/mol. The summed E-state index contributed by atoms with van der Waals surface area (Å²) in [5.41, 5.74) is -0.281. The molecule has 1 aliphatic carbocycles. The maximum Gasteiger partial charge on any atom is 0.223 e. The highest BCUT2D eigenvalue weighted by molar-refractivity contribution is 5.79. The molecule has 0 aromatic carbocycles. The van der Waals surface area contributed by atoms with Gasteiger partial charge in [-0.3, -0.25) is 4.79 Å². The number of amides is 1. The maximum absolute atomic E-state index is 12.0. The van der Waals surface area contributed by atoms with Crippen LogP contribution in [0.5, 0.6) is 0 Å². The number of aliphatic hydroxyl groups excluding tert-OH is 1. The standard InChI is InChI=1S/C13H25NO2/c1-3-5-7-11(4-2)12(16)14-13(10-15)8-6-9-13/h11,15H,3-10H2,1-2H3,(H,14,16). The quantitative estimate of drug-likeness (QED) is 0.700. The minimum Gasteiger partial charge on any atom is -0.394 e. The van der Waals surface area contributed by atoms with Crippen molar-refractivity contribution >= 4 is 5.91 Å². The molecule has 1 fully saturated rings. The average Bonchev–Trinajstić information content (AvgIpc) is 2.24. The molecule has 16 heavy (non-hydrogen) atoms. The summed E-state index contributed by atoms with van der Waals surface area (Å²) in [6.07, 6.45) is 7.09. The molecular weight excluding hydrogens is 202 g/mol. The van der Waals surface area contributed by atoms with Gasteiger partial charge < -0.3 is 10.4 Å². The van der Waals surface area contributed by atoms with Crippen LogP contribution in [-0.2, 0) is 4.79 Å². The van der Waals surface area contributed by atoms with Crippen LogP contribution < -0.4 is 5.32 Å². The van der Waals surface area contributed by atoms with Gasteiger partial charge in [0.15, 0.2) is 0 Å². The highest BCUT2D eigenvalue weighted by atomic mass is 16.3. The first-order valence-electron chi connectivity index (χ1n) is 6.60. The molecule has 1 rings (SSSR count). The van der Waals surface area contributed by atoms with E-state index in [-0.39, 0.29) is 24.0 Å². The lowest BCUT2D eigenvalue weighted by Gasteiger charge is -2.41. The highest BCUT2D eigenvalue weighted by Gasteiger charge is 2.38. The zero-order valence-corrected chi connectivity index (χ0v) is 10.6. The molecule has 1 aliphatic rings. The van der Waals surface area contributed by atoms with Crippen molar-refractivity contribution in [2.75, 3.05) is 6.61 Å². The van der Waals surface area contributed by atoms with Crippen LogP contribution in [0.15, 0.2) is 0 Å². The zero-order chi connectivity index (χ0) is 12.0.